The van der Waals surface area contributed by atoms with Crippen molar-refractivity contribution in [2.24, 2.45) is 0 Å². The molecule has 0 aromatic heterocycles. The zero-order chi connectivity index (χ0) is 14.0. The molecule has 1 fully saturated rings. The van der Waals surface area contributed by atoms with Gasteiger partial charge in [0.25, 0.3) is 0 Å². The summed E-state index contributed by atoms with van der Waals surface area (Å²) in [6, 6.07) is 7.53. The second-order valence-corrected chi connectivity index (χ2v) is 5.77. The average Bonchev–Trinajstić information content (AvgIpc) is 2.84. The Bertz CT molecular complexity index is 626. The van der Waals surface area contributed by atoms with Crippen LogP contribution in [0.25, 0.3) is 0 Å². The molecule has 2 nitrogen and oxygen atoms in total. The average molecular weight is 286 g/mol. The summed E-state index contributed by atoms with van der Waals surface area (Å²) in [5, 5.41) is 0.698. The zero-order valence-electron chi connectivity index (χ0n) is 11.2. The lowest BCUT2D eigenvalue weighted by atomic mass is 9.82. The Morgan fingerprint density at radius 2 is 2.05 bits per heavy atom. The molecule has 3 rings (SSSR count). The van der Waals surface area contributed by atoms with E-state index in [4.69, 9.17) is 16.4 Å². The molecule has 1 heterocycles. The van der Waals surface area contributed by atoms with Gasteiger partial charge in [0, 0.05) is 10.6 Å². The highest BCUT2D eigenvalue weighted by Gasteiger charge is 2.36. The van der Waals surface area contributed by atoms with Crippen molar-refractivity contribution in [2.75, 3.05) is 0 Å². The van der Waals surface area contributed by atoms with Gasteiger partial charge in [-0.2, -0.15) is 0 Å². The van der Waals surface area contributed by atoms with Crippen molar-refractivity contribution in [3.63, 3.8) is 0 Å². The third-order valence-electron chi connectivity index (χ3n) is 3.74. The van der Waals surface area contributed by atoms with E-state index in [-0.39, 0.29) is 5.60 Å². The van der Waals surface area contributed by atoms with Crippen LogP contribution in [0.15, 0.2) is 48.2 Å². The van der Waals surface area contributed by atoms with E-state index < -0.39 is 0 Å². The number of benzene rings is 1. The van der Waals surface area contributed by atoms with Crippen molar-refractivity contribution < 1.29 is 4.84 Å². The van der Waals surface area contributed by atoms with Gasteiger partial charge in [-0.3, -0.25) is 10.3 Å². The van der Waals surface area contributed by atoms with Gasteiger partial charge >= 0.3 is 0 Å². The van der Waals surface area contributed by atoms with Crippen LogP contribution in [-0.2, 0) is 4.84 Å². The highest BCUT2D eigenvalue weighted by Crippen LogP contribution is 2.37. The first kappa shape index (κ1) is 13.3. The Balaban J connectivity index is 1.75. The largest absolute Gasteiger partial charge is 0.265 e. The molecule has 1 aromatic carbocycles. The lowest BCUT2D eigenvalue weighted by Crippen LogP contribution is -2.32. The second-order valence-electron chi connectivity index (χ2n) is 5.34. The van der Waals surface area contributed by atoms with Crippen LogP contribution in [0.4, 0.5) is 0 Å². The molecule has 0 unspecified atom stereocenters. The van der Waals surface area contributed by atoms with Crippen molar-refractivity contribution in [2.45, 2.75) is 31.3 Å². The number of halogens is 1. The number of hydroxylamine groups is 1. The molecule has 1 aliphatic carbocycles. The smallest absolute Gasteiger partial charge is 0.118 e. The van der Waals surface area contributed by atoms with Gasteiger partial charge in [-0.05, 0) is 55.9 Å². The Kier molecular flexibility index (Phi) is 3.56. The Morgan fingerprint density at radius 1 is 1.25 bits per heavy atom. The minimum absolute atomic E-state index is 0.195. The molecule has 1 spiro atoms. The fourth-order valence-corrected chi connectivity index (χ4v) is 2.71. The summed E-state index contributed by atoms with van der Waals surface area (Å²) in [5.41, 5.74) is 5.79. The summed E-state index contributed by atoms with van der Waals surface area (Å²) >= 11 is 5.94. The van der Waals surface area contributed by atoms with Crippen LogP contribution < -0.4 is 5.48 Å². The van der Waals surface area contributed by atoms with Gasteiger partial charge < -0.3 is 0 Å². The van der Waals surface area contributed by atoms with Gasteiger partial charge in [-0.25, -0.2) is 0 Å². The summed E-state index contributed by atoms with van der Waals surface area (Å²) in [6.45, 7) is 4.03. The molecule has 2 aliphatic rings. The highest BCUT2D eigenvalue weighted by atomic mass is 35.5. The van der Waals surface area contributed by atoms with Gasteiger partial charge in [0.1, 0.15) is 11.3 Å². The van der Waals surface area contributed by atoms with Crippen LogP contribution in [0, 0.1) is 11.8 Å². The minimum atomic E-state index is -0.195. The van der Waals surface area contributed by atoms with E-state index in [0.29, 0.717) is 5.02 Å². The van der Waals surface area contributed by atoms with E-state index in [9.17, 15) is 0 Å². The zero-order valence-corrected chi connectivity index (χ0v) is 12.0. The molecule has 102 valence electrons. The fraction of sp³-hybridized carbons (Fsp3) is 0.294. The third-order valence-corrected chi connectivity index (χ3v) is 3.98. The molecule has 1 aromatic rings. The van der Waals surface area contributed by atoms with Crippen molar-refractivity contribution in [3.8, 4) is 11.8 Å². The SMILES string of the molecule is C=C1CCC2(C=C(C#Cc3cccc(Cl)c3)NO2)CC1. The normalized spacial score (nSPS) is 20.1. The van der Waals surface area contributed by atoms with E-state index in [0.717, 1.165) is 36.9 Å². The quantitative estimate of drug-likeness (QED) is 0.575. The Morgan fingerprint density at radius 3 is 2.80 bits per heavy atom. The first-order valence-corrected chi connectivity index (χ1v) is 7.14. The molecule has 1 aliphatic heterocycles. The van der Waals surface area contributed by atoms with Crippen LogP contribution in [-0.4, -0.2) is 5.60 Å². The predicted octanol–water partition coefficient (Wildman–Crippen LogP) is 3.98. The standard InChI is InChI=1S/C17H16ClNO/c1-13-7-9-17(10-8-13)12-16(19-20-17)6-5-14-3-2-4-15(18)11-14/h2-4,11-12,19H,1,7-10H2. The summed E-state index contributed by atoms with van der Waals surface area (Å²) in [4.78, 5) is 5.74. The molecule has 0 saturated heterocycles. The molecule has 0 amide bonds. The lowest BCUT2D eigenvalue weighted by Gasteiger charge is -2.30. The molecule has 1 saturated carbocycles. The summed E-state index contributed by atoms with van der Waals surface area (Å²) < 4.78 is 0. The third kappa shape index (κ3) is 2.90. The van der Waals surface area contributed by atoms with Crippen molar-refractivity contribution in [3.05, 3.63) is 58.8 Å². The summed E-state index contributed by atoms with van der Waals surface area (Å²) in [7, 11) is 0. The number of nitrogens with one attached hydrogen (secondary N) is 1. The van der Waals surface area contributed by atoms with Gasteiger partial charge in [-0.1, -0.05) is 35.7 Å². The van der Waals surface area contributed by atoms with Crippen molar-refractivity contribution in [1.29, 1.82) is 0 Å². The molecule has 20 heavy (non-hydrogen) atoms. The number of allylic oxidation sites excluding steroid dienone is 2. The Labute approximate surface area is 124 Å². The van der Waals surface area contributed by atoms with Crippen molar-refractivity contribution >= 4 is 11.6 Å². The fourth-order valence-electron chi connectivity index (χ4n) is 2.52. The van der Waals surface area contributed by atoms with E-state index in [2.05, 4.69) is 30.0 Å². The van der Waals surface area contributed by atoms with E-state index in [1.807, 2.05) is 24.3 Å². The van der Waals surface area contributed by atoms with Crippen LogP contribution in [0.5, 0.6) is 0 Å². The molecule has 3 heteroatoms. The van der Waals surface area contributed by atoms with E-state index in [1.165, 1.54) is 5.57 Å². The summed E-state index contributed by atoms with van der Waals surface area (Å²) in [5.74, 6) is 6.20. The topological polar surface area (TPSA) is 21.3 Å². The molecule has 1 N–H and O–H groups in total. The van der Waals surface area contributed by atoms with E-state index in [1.54, 1.807) is 0 Å². The first-order chi connectivity index (χ1) is 9.65. The molecular formula is C17H16ClNO. The highest BCUT2D eigenvalue weighted by molar-refractivity contribution is 6.30. The van der Waals surface area contributed by atoms with Crippen LogP contribution in [0.1, 0.15) is 31.2 Å². The molecule has 0 atom stereocenters. The number of rotatable bonds is 0. The van der Waals surface area contributed by atoms with Gasteiger partial charge in [-0.15, -0.1) is 0 Å². The predicted molar refractivity (Wildman–Crippen MR) is 81.0 cm³/mol. The molecule has 0 radical (unpaired) electrons. The minimum Gasteiger partial charge on any atom is -0.265 e. The Hall–Kier alpha value is -1.69. The maximum Gasteiger partial charge on any atom is 0.118 e. The maximum atomic E-state index is 5.94. The molecular weight excluding hydrogens is 270 g/mol. The van der Waals surface area contributed by atoms with Crippen LogP contribution in [0.2, 0.25) is 5.02 Å². The lowest BCUT2D eigenvalue weighted by molar-refractivity contribution is -0.0540. The van der Waals surface area contributed by atoms with E-state index >= 15 is 0 Å². The number of hydrogen-bond donors (Lipinski definition) is 1. The van der Waals surface area contributed by atoms with Crippen molar-refractivity contribution in [1.82, 2.24) is 5.48 Å². The van der Waals surface area contributed by atoms with Gasteiger partial charge in [0.05, 0.1) is 0 Å². The van der Waals surface area contributed by atoms with Crippen LogP contribution in [0.3, 0.4) is 0 Å². The second kappa shape index (κ2) is 5.36. The number of hydrogen-bond acceptors (Lipinski definition) is 2. The first-order valence-electron chi connectivity index (χ1n) is 6.76. The van der Waals surface area contributed by atoms with Gasteiger partial charge in [0.15, 0.2) is 0 Å². The maximum absolute atomic E-state index is 5.94. The van der Waals surface area contributed by atoms with Gasteiger partial charge in [0.2, 0.25) is 0 Å². The molecule has 0 bridgehead atoms. The summed E-state index contributed by atoms with van der Waals surface area (Å²) in [6.07, 6.45) is 6.10. The monoisotopic (exact) mass is 285 g/mol. The van der Waals surface area contributed by atoms with Crippen LogP contribution >= 0.6 is 11.6 Å².